The van der Waals surface area contributed by atoms with Crippen molar-refractivity contribution in [1.82, 2.24) is 9.55 Å². The Morgan fingerprint density at radius 3 is 2.48 bits per heavy atom. The molecule has 1 aliphatic carbocycles. The third-order valence-corrected chi connectivity index (χ3v) is 3.76. The van der Waals surface area contributed by atoms with Gasteiger partial charge in [-0.15, -0.1) is 0 Å². The highest BCUT2D eigenvalue weighted by atomic mass is 19.1. The molecule has 0 amide bonds. The van der Waals surface area contributed by atoms with Crippen LogP contribution in [0.3, 0.4) is 0 Å². The Morgan fingerprint density at radius 1 is 1.05 bits per heavy atom. The van der Waals surface area contributed by atoms with E-state index in [1.54, 1.807) is 6.07 Å². The predicted octanol–water partition coefficient (Wildman–Crippen LogP) is 4.02. The van der Waals surface area contributed by atoms with Crippen LogP contribution in [-0.2, 0) is 0 Å². The van der Waals surface area contributed by atoms with Crippen LogP contribution in [0, 0.1) is 11.6 Å². The van der Waals surface area contributed by atoms with E-state index in [9.17, 15) is 13.9 Å². The molecule has 1 heterocycles. The Balaban J connectivity index is 2.01. The molecule has 0 aliphatic heterocycles. The molecule has 1 aromatic heterocycles. The molecule has 0 atom stereocenters. The number of aromatic nitrogens is 2. The molecule has 1 saturated carbocycles. The molecular formula is C16H12F2N2O. The largest absolute Gasteiger partial charge is 0.507 e. The van der Waals surface area contributed by atoms with E-state index in [2.05, 4.69) is 4.98 Å². The van der Waals surface area contributed by atoms with E-state index in [0.29, 0.717) is 22.9 Å². The summed E-state index contributed by atoms with van der Waals surface area (Å²) in [5.74, 6) is -0.461. The van der Waals surface area contributed by atoms with Crippen molar-refractivity contribution >= 4 is 11.0 Å². The zero-order chi connectivity index (χ0) is 14.6. The van der Waals surface area contributed by atoms with Gasteiger partial charge in [-0.25, -0.2) is 13.8 Å². The number of phenolic OH excluding ortho intramolecular Hbond substituents is 1. The van der Waals surface area contributed by atoms with Crippen molar-refractivity contribution in [2.75, 3.05) is 0 Å². The SMILES string of the molecule is Oc1cc(F)ccc1-c1nc2cc(F)ccc2n1C1CC1. The lowest BCUT2D eigenvalue weighted by atomic mass is 10.2. The maximum Gasteiger partial charge on any atom is 0.145 e. The highest BCUT2D eigenvalue weighted by molar-refractivity contribution is 5.82. The molecule has 0 bridgehead atoms. The summed E-state index contributed by atoms with van der Waals surface area (Å²) in [6.45, 7) is 0. The second-order valence-electron chi connectivity index (χ2n) is 5.33. The van der Waals surface area contributed by atoms with Gasteiger partial charge in [0.05, 0.1) is 16.6 Å². The molecule has 5 heteroatoms. The molecule has 106 valence electrons. The Hall–Kier alpha value is -2.43. The summed E-state index contributed by atoms with van der Waals surface area (Å²) < 4.78 is 28.5. The minimum atomic E-state index is -0.503. The van der Waals surface area contributed by atoms with Crippen LogP contribution in [0.5, 0.6) is 5.75 Å². The predicted molar refractivity (Wildman–Crippen MR) is 75.0 cm³/mol. The molecule has 4 rings (SSSR count). The fourth-order valence-electron chi connectivity index (χ4n) is 2.66. The summed E-state index contributed by atoms with van der Waals surface area (Å²) in [5, 5.41) is 9.98. The molecule has 2 aromatic carbocycles. The van der Waals surface area contributed by atoms with Crippen molar-refractivity contribution in [2.45, 2.75) is 18.9 Å². The lowest BCUT2D eigenvalue weighted by molar-refractivity contribution is 0.470. The smallest absolute Gasteiger partial charge is 0.145 e. The zero-order valence-corrected chi connectivity index (χ0v) is 11.1. The average Bonchev–Trinajstić information content (AvgIpc) is 3.20. The first-order valence-corrected chi connectivity index (χ1v) is 6.80. The van der Waals surface area contributed by atoms with Crippen LogP contribution < -0.4 is 0 Å². The molecule has 0 radical (unpaired) electrons. The van der Waals surface area contributed by atoms with Crippen molar-refractivity contribution in [3.8, 4) is 17.1 Å². The fraction of sp³-hybridized carbons (Fsp3) is 0.188. The van der Waals surface area contributed by atoms with Crippen LogP contribution in [0.4, 0.5) is 8.78 Å². The van der Waals surface area contributed by atoms with Crippen molar-refractivity contribution in [1.29, 1.82) is 0 Å². The maximum atomic E-state index is 13.4. The number of imidazole rings is 1. The summed E-state index contributed by atoms with van der Waals surface area (Å²) in [7, 11) is 0. The molecule has 0 unspecified atom stereocenters. The van der Waals surface area contributed by atoms with Gasteiger partial charge >= 0.3 is 0 Å². The molecule has 1 fully saturated rings. The second kappa shape index (κ2) is 4.28. The minimum Gasteiger partial charge on any atom is -0.507 e. The first-order valence-electron chi connectivity index (χ1n) is 6.80. The molecule has 0 saturated heterocycles. The zero-order valence-electron chi connectivity index (χ0n) is 11.1. The van der Waals surface area contributed by atoms with Crippen LogP contribution in [0.25, 0.3) is 22.4 Å². The van der Waals surface area contributed by atoms with E-state index in [-0.39, 0.29) is 11.6 Å². The van der Waals surface area contributed by atoms with E-state index in [1.165, 1.54) is 24.3 Å². The number of aromatic hydroxyl groups is 1. The van der Waals surface area contributed by atoms with Gasteiger partial charge in [-0.3, -0.25) is 0 Å². The van der Waals surface area contributed by atoms with Gasteiger partial charge in [0, 0.05) is 18.2 Å². The summed E-state index contributed by atoms with van der Waals surface area (Å²) in [5.41, 5.74) is 1.83. The summed E-state index contributed by atoms with van der Waals surface area (Å²) in [4.78, 5) is 4.44. The van der Waals surface area contributed by atoms with Crippen LogP contribution in [0.1, 0.15) is 18.9 Å². The van der Waals surface area contributed by atoms with E-state index in [0.717, 1.165) is 24.4 Å². The van der Waals surface area contributed by atoms with Gasteiger partial charge in [0.1, 0.15) is 23.2 Å². The number of rotatable bonds is 2. The van der Waals surface area contributed by atoms with Crippen molar-refractivity contribution < 1.29 is 13.9 Å². The Morgan fingerprint density at radius 2 is 1.76 bits per heavy atom. The van der Waals surface area contributed by atoms with Gasteiger partial charge < -0.3 is 9.67 Å². The van der Waals surface area contributed by atoms with Crippen molar-refractivity contribution in [3.05, 3.63) is 48.0 Å². The number of fused-ring (bicyclic) bond motifs is 1. The fourth-order valence-corrected chi connectivity index (χ4v) is 2.66. The number of hydrogen-bond donors (Lipinski definition) is 1. The number of benzene rings is 2. The number of hydrogen-bond acceptors (Lipinski definition) is 2. The normalized spacial score (nSPS) is 14.8. The second-order valence-corrected chi connectivity index (χ2v) is 5.33. The van der Waals surface area contributed by atoms with E-state index in [4.69, 9.17) is 0 Å². The van der Waals surface area contributed by atoms with E-state index in [1.807, 2.05) is 4.57 Å². The molecular weight excluding hydrogens is 274 g/mol. The van der Waals surface area contributed by atoms with Gasteiger partial charge in [-0.2, -0.15) is 0 Å². The lowest BCUT2D eigenvalue weighted by Gasteiger charge is -2.09. The monoisotopic (exact) mass is 286 g/mol. The van der Waals surface area contributed by atoms with Gasteiger partial charge in [0.25, 0.3) is 0 Å². The van der Waals surface area contributed by atoms with Crippen LogP contribution in [-0.4, -0.2) is 14.7 Å². The summed E-state index contributed by atoms with van der Waals surface area (Å²) in [6.07, 6.45) is 2.05. The average molecular weight is 286 g/mol. The molecule has 1 N–H and O–H groups in total. The van der Waals surface area contributed by atoms with Crippen molar-refractivity contribution in [3.63, 3.8) is 0 Å². The Labute approximate surface area is 119 Å². The molecule has 1 aliphatic rings. The molecule has 0 spiro atoms. The Kier molecular flexibility index (Phi) is 2.51. The van der Waals surface area contributed by atoms with Crippen LogP contribution >= 0.6 is 0 Å². The van der Waals surface area contributed by atoms with E-state index >= 15 is 0 Å². The standard InChI is InChI=1S/C16H12F2N2O/c17-9-2-6-14-13(7-9)19-16(20(14)11-3-4-11)12-5-1-10(18)8-15(12)21/h1-2,5-8,11,21H,3-4H2. The van der Waals surface area contributed by atoms with Gasteiger partial charge in [0.2, 0.25) is 0 Å². The third-order valence-electron chi connectivity index (χ3n) is 3.76. The van der Waals surface area contributed by atoms with Crippen LogP contribution in [0.2, 0.25) is 0 Å². The third kappa shape index (κ3) is 1.96. The highest BCUT2D eigenvalue weighted by Crippen LogP contribution is 2.42. The van der Waals surface area contributed by atoms with Crippen LogP contribution in [0.15, 0.2) is 36.4 Å². The number of phenols is 1. The molecule has 3 aromatic rings. The topological polar surface area (TPSA) is 38.1 Å². The Bertz CT molecular complexity index is 853. The van der Waals surface area contributed by atoms with E-state index < -0.39 is 5.82 Å². The first-order chi connectivity index (χ1) is 10.1. The number of halogens is 2. The lowest BCUT2D eigenvalue weighted by Crippen LogP contribution is -1.97. The molecule has 21 heavy (non-hydrogen) atoms. The summed E-state index contributed by atoms with van der Waals surface area (Å²) in [6, 6.07) is 8.62. The maximum absolute atomic E-state index is 13.4. The highest BCUT2D eigenvalue weighted by Gasteiger charge is 2.29. The quantitative estimate of drug-likeness (QED) is 0.772. The van der Waals surface area contributed by atoms with Gasteiger partial charge in [-0.05, 0) is 37.1 Å². The number of nitrogens with zero attached hydrogens (tertiary/aromatic N) is 2. The molecule has 3 nitrogen and oxygen atoms in total. The van der Waals surface area contributed by atoms with Crippen molar-refractivity contribution in [2.24, 2.45) is 0 Å². The van der Waals surface area contributed by atoms with Gasteiger partial charge in [-0.1, -0.05) is 0 Å². The summed E-state index contributed by atoms with van der Waals surface area (Å²) >= 11 is 0. The first kappa shape index (κ1) is 12.3. The minimum absolute atomic E-state index is 0.160. The van der Waals surface area contributed by atoms with Gasteiger partial charge in [0.15, 0.2) is 0 Å².